The van der Waals surface area contributed by atoms with Crippen LogP contribution in [0.5, 0.6) is 0 Å². The number of aromatic nitrogens is 2. The second-order valence-electron chi connectivity index (χ2n) is 5.67. The average molecular weight is 346 g/mol. The van der Waals surface area contributed by atoms with E-state index in [2.05, 4.69) is 58.5 Å². The van der Waals surface area contributed by atoms with E-state index in [1.807, 2.05) is 6.92 Å². The zero-order valence-electron chi connectivity index (χ0n) is 12.5. The van der Waals surface area contributed by atoms with E-state index in [0.717, 1.165) is 47.6 Å². The molecule has 2 aromatic rings. The highest BCUT2D eigenvalue weighted by molar-refractivity contribution is 9.10. The zero-order chi connectivity index (χ0) is 14.9. The van der Waals surface area contributed by atoms with Gasteiger partial charge in [-0.1, -0.05) is 37.3 Å². The fraction of sp³-hybridized carbons (Fsp3) is 0.412. The molecular weight excluding hydrogens is 326 g/mol. The molecule has 0 aliphatic heterocycles. The lowest BCUT2D eigenvalue weighted by Crippen LogP contribution is -2.16. The molecule has 0 saturated heterocycles. The molecule has 0 atom stereocenters. The Labute approximate surface area is 134 Å². The van der Waals surface area contributed by atoms with Gasteiger partial charge in [0, 0.05) is 6.54 Å². The van der Waals surface area contributed by atoms with Crippen molar-refractivity contribution in [3.8, 4) is 0 Å². The number of benzene rings is 1. The Morgan fingerprint density at radius 2 is 1.90 bits per heavy atom. The molecule has 1 saturated carbocycles. The lowest BCUT2D eigenvalue weighted by atomic mass is 9.95. The minimum Gasteiger partial charge on any atom is -0.369 e. The van der Waals surface area contributed by atoms with Crippen molar-refractivity contribution >= 4 is 21.7 Å². The van der Waals surface area contributed by atoms with Crippen molar-refractivity contribution < 1.29 is 0 Å². The standard InChI is InChI=1S/C17H20BrN3/c1-3-11-19-15-14(18)12(2)20-16(21-15)17(9-10-17)13-7-5-4-6-8-13/h4-8H,3,9-11H2,1-2H3,(H,19,20,21). The number of hydrogen-bond acceptors (Lipinski definition) is 3. The van der Waals surface area contributed by atoms with E-state index in [4.69, 9.17) is 9.97 Å². The number of hydrogen-bond donors (Lipinski definition) is 1. The van der Waals surface area contributed by atoms with Crippen LogP contribution < -0.4 is 5.32 Å². The van der Waals surface area contributed by atoms with Crippen molar-refractivity contribution in [2.24, 2.45) is 0 Å². The molecule has 1 N–H and O–H groups in total. The van der Waals surface area contributed by atoms with Crippen LogP contribution in [-0.2, 0) is 5.41 Å². The number of aryl methyl sites for hydroxylation is 1. The van der Waals surface area contributed by atoms with Crippen molar-refractivity contribution in [3.63, 3.8) is 0 Å². The Kier molecular flexibility index (Phi) is 3.98. The molecule has 1 aromatic heterocycles. The molecule has 110 valence electrons. The third kappa shape index (κ3) is 2.69. The molecule has 0 amide bonds. The summed E-state index contributed by atoms with van der Waals surface area (Å²) in [6.07, 6.45) is 3.34. The molecule has 4 heteroatoms. The maximum Gasteiger partial charge on any atom is 0.144 e. The number of nitrogens with zero attached hydrogens (tertiary/aromatic N) is 2. The van der Waals surface area contributed by atoms with Crippen molar-refractivity contribution in [1.29, 1.82) is 0 Å². The highest BCUT2D eigenvalue weighted by Gasteiger charge is 2.48. The van der Waals surface area contributed by atoms with Crippen LogP contribution in [0.15, 0.2) is 34.8 Å². The quantitative estimate of drug-likeness (QED) is 0.869. The first-order valence-electron chi connectivity index (χ1n) is 7.51. The summed E-state index contributed by atoms with van der Waals surface area (Å²) in [7, 11) is 0. The number of nitrogens with one attached hydrogen (secondary N) is 1. The normalized spacial score (nSPS) is 15.8. The number of rotatable bonds is 5. The minimum absolute atomic E-state index is 0.0232. The molecule has 3 rings (SSSR count). The van der Waals surface area contributed by atoms with Crippen LogP contribution >= 0.6 is 15.9 Å². The van der Waals surface area contributed by atoms with Crippen LogP contribution in [0.4, 0.5) is 5.82 Å². The van der Waals surface area contributed by atoms with Crippen LogP contribution in [0.1, 0.15) is 43.3 Å². The van der Waals surface area contributed by atoms with Crippen molar-refractivity contribution in [2.45, 2.75) is 38.5 Å². The van der Waals surface area contributed by atoms with Gasteiger partial charge < -0.3 is 5.32 Å². The smallest absolute Gasteiger partial charge is 0.144 e. The van der Waals surface area contributed by atoms with E-state index in [9.17, 15) is 0 Å². The Morgan fingerprint density at radius 3 is 2.52 bits per heavy atom. The molecule has 0 bridgehead atoms. The van der Waals surface area contributed by atoms with E-state index < -0.39 is 0 Å². The van der Waals surface area contributed by atoms with Crippen molar-refractivity contribution in [1.82, 2.24) is 9.97 Å². The molecule has 1 aliphatic carbocycles. The summed E-state index contributed by atoms with van der Waals surface area (Å²) in [5.41, 5.74) is 2.35. The second-order valence-corrected chi connectivity index (χ2v) is 6.46. The van der Waals surface area contributed by atoms with Crippen LogP contribution in [0.3, 0.4) is 0 Å². The van der Waals surface area contributed by atoms with Crippen LogP contribution in [0.25, 0.3) is 0 Å². The lowest BCUT2D eigenvalue weighted by molar-refractivity contribution is 0.745. The predicted molar refractivity (Wildman–Crippen MR) is 89.7 cm³/mol. The van der Waals surface area contributed by atoms with Gasteiger partial charge in [-0.2, -0.15) is 0 Å². The first kappa shape index (κ1) is 14.5. The molecule has 1 heterocycles. The molecule has 0 unspecified atom stereocenters. The van der Waals surface area contributed by atoms with E-state index in [-0.39, 0.29) is 5.41 Å². The summed E-state index contributed by atoms with van der Waals surface area (Å²) in [5, 5.41) is 3.40. The van der Waals surface area contributed by atoms with Gasteiger partial charge in [-0.3, -0.25) is 0 Å². The number of halogens is 1. The molecule has 3 nitrogen and oxygen atoms in total. The molecular formula is C17H20BrN3. The monoisotopic (exact) mass is 345 g/mol. The number of anilines is 1. The molecule has 1 aliphatic rings. The first-order chi connectivity index (χ1) is 10.2. The Hall–Kier alpha value is -1.42. The summed E-state index contributed by atoms with van der Waals surface area (Å²) < 4.78 is 0.976. The summed E-state index contributed by atoms with van der Waals surface area (Å²) in [6.45, 7) is 5.11. The van der Waals surface area contributed by atoms with Gasteiger partial charge >= 0.3 is 0 Å². The van der Waals surface area contributed by atoms with Gasteiger partial charge in [-0.25, -0.2) is 9.97 Å². The van der Waals surface area contributed by atoms with Gasteiger partial charge in [0.25, 0.3) is 0 Å². The van der Waals surface area contributed by atoms with Gasteiger partial charge in [0.2, 0.25) is 0 Å². The molecule has 0 radical (unpaired) electrons. The minimum atomic E-state index is 0.0232. The summed E-state index contributed by atoms with van der Waals surface area (Å²) >= 11 is 3.60. The molecule has 0 spiro atoms. The van der Waals surface area contributed by atoms with Crippen LogP contribution in [0, 0.1) is 6.92 Å². The maximum atomic E-state index is 4.81. The van der Waals surface area contributed by atoms with E-state index in [1.165, 1.54) is 5.56 Å². The Bertz CT molecular complexity index is 636. The largest absolute Gasteiger partial charge is 0.369 e. The highest BCUT2D eigenvalue weighted by Crippen LogP contribution is 2.52. The Morgan fingerprint density at radius 1 is 1.19 bits per heavy atom. The van der Waals surface area contributed by atoms with Gasteiger partial charge in [0.1, 0.15) is 11.6 Å². The molecule has 21 heavy (non-hydrogen) atoms. The van der Waals surface area contributed by atoms with E-state index in [1.54, 1.807) is 0 Å². The SMILES string of the molecule is CCCNc1nc(C2(c3ccccc3)CC2)nc(C)c1Br. The summed E-state index contributed by atoms with van der Waals surface area (Å²) in [6, 6.07) is 10.6. The summed E-state index contributed by atoms with van der Waals surface area (Å²) in [4.78, 5) is 9.57. The van der Waals surface area contributed by atoms with Gasteiger partial charge in [-0.05, 0) is 47.7 Å². The van der Waals surface area contributed by atoms with Crippen LogP contribution in [-0.4, -0.2) is 16.5 Å². The second kappa shape index (κ2) is 5.76. The van der Waals surface area contributed by atoms with Gasteiger partial charge in [-0.15, -0.1) is 0 Å². The third-order valence-electron chi connectivity index (χ3n) is 4.06. The van der Waals surface area contributed by atoms with Gasteiger partial charge in [0.15, 0.2) is 0 Å². The first-order valence-corrected chi connectivity index (χ1v) is 8.30. The molecule has 1 fully saturated rings. The molecule has 1 aromatic carbocycles. The zero-order valence-corrected chi connectivity index (χ0v) is 14.1. The lowest BCUT2D eigenvalue weighted by Gasteiger charge is -2.17. The van der Waals surface area contributed by atoms with Crippen LogP contribution in [0.2, 0.25) is 0 Å². The average Bonchev–Trinajstić information content (AvgIpc) is 3.31. The van der Waals surface area contributed by atoms with E-state index >= 15 is 0 Å². The predicted octanol–water partition coefficient (Wildman–Crippen LogP) is 4.45. The fourth-order valence-electron chi connectivity index (χ4n) is 2.66. The summed E-state index contributed by atoms with van der Waals surface area (Å²) in [5.74, 6) is 1.87. The maximum absolute atomic E-state index is 4.81. The van der Waals surface area contributed by atoms with Gasteiger partial charge in [0.05, 0.1) is 15.6 Å². The fourth-order valence-corrected chi connectivity index (χ4v) is 2.97. The third-order valence-corrected chi connectivity index (χ3v) is 5.01. The highest BCUT2D eigenvalue weighted by atomic mass is 79.9. The van der Waals surface area contributed by atoms with Crippen molar-refractivity contribution in [3.05, 3.63) is 51.9 Å². The topological polar surface area (TPSA) is 37.8 Å². The van der Waals surface area contributed by atoms with E-state index in [0.29, 0.717) is 0 Å². The van der Waals surface area contributed by atoms with Crippen molar-refractivity contribution in [2.75, 3.05) is 11.9 Å². The Balaban J connectivity index is 2.01.